The molecule has 0 spiro atoms. The molecule has 3 heteroatoms. The third-order valence-electron chi connectivity index (χ3n) is 3.74. The molecule has 1 fully saturated rings. The average molecular weight is 227 g/mol. The van der Waals surface area contributed by atoms with Gasteiger partial charge in [-0.25, -0.2) is 0 Å². The quantitative estimate of drug-likeness (QED) is 0.756. The molecule has 1 atom stereocenters. The van der Waals surface area contributed by atoms with Gasteiger partial charge in [0.2, 0.25) is 5.91 Å². The van der Waals surface area contributed by atoms with Gasteiger partial charge in [0.25, 0.3) is 0 Å². The van der Waals surface area contributed by atoms with Gasteiger partial charge in [-0.1, -0.05) is 33.1 Å². The van der Waals surface area contributed by atoms with Crippen LogP contribution < -0.4 is 5.32 Å². The van der Waals surface area contributed by atoms with Gasteiger partial charge < -0.3 is 10.4 Å². The van der Waals surface area contributed by atoms with E-state index in [0.717, 1.165) is 19.3 Å². The minimum absolute atomic E-state index is 0.157. The van der Waals surface area contributed by atoms with Crippen LogP contribution in [0.15, 0.2) is 0 Å². The van der Waals surface area contributed by atoms with Crippen molar-refractivity contribution < 1.29 is 9.90 Å². The lowest BCUT2D eigenvalue weighted by atomic mass is 9.75. The molecule has 1 rings (SSSR count). The first kappa shape index (κ1) is 13.5. The van der Waals surface area contributed by atoms with Crippen LogP contribution in [0.2, 0.25) is 0 Å². The molecule has 0 saturated heterocycles. The Morgan fingerprint density at radius 3 is 2.56 bits per heavy atom. The zero-order valence-corrected chi connectivity index (χ0v) is 10.6. The Hall–Kier alpha value is -0.570. The van der Waals surface area contributed by atoms with Crippen molar-refractivity contribution in [1.82, 2.24) is 5.32 Å². The molecule has 0 aromatic carbocycles. The lowest BCUT2D eigenvalue weighted by Gasteiger charge is -2.32. The van der Waals surface area contributed by atoms with Crippen molar-refractivity contribution in [3.05, 3.63) is 0 Å². The maximum atomic E-state index is 12.0. The fraction of sp³-hybridized carbons (Fsp3) is 0.923. The van der Waals surface area contributed by atoms with Crippen molar-refractivity contribution in [3.8, 4) is 0 Å². The SMILES string of the molecule is CCC(O)CCNC(=O)C1(C)CCCCC1. The number of nitrogens with one attached hydrogen (secondary N) is 1. The molecule has 0 heterocycles. The monoisotopic (exact) mass is 227 g/mol. The summed E-state index contributed by atoms with van der Waals surface area (Å²) in [6.45, 7) is 4.62. The normalized spacial score (nSPS) is 21.4. The molecule has 1 aliphatic rings. The van der Waals surface area contributed by atoms with Crippen LogP contribution in [0, 0.1) is 5.41 Å². The highest BCUT2D eigenvalue weighted by atomic mass is 16.3. The Balaban J connectivity index is 2.28. The van der Waals surface area contributed by atoms with Crippen LogP contribution in [-0.2, 0) is 4.79 Å². The summed E-state index contributed by atoms with van der Waals surface area (Å²) in [5.41, 5.74) is -0.157. The van der Waals surface area contributed by atoms with Crippen LogP contribution in [0.4, 0.5) is 0 Å². The molecule has 3 nitrogen and oxygen atoms in total. The van der Waals surface area contributed by atoms with Gasteiger partial charge in [0.15, 0.2) is 0 Å². The van der Waals surface area contributed by atoms with Crippen LogP contribution in [0.5, 0.6) is 0 Å². The molecule has 0 bridgehead atoms. The van der Waals surface area contributed by atoms with E-state index in [1.165, 1.54) is 19.3 Å². The molecule has 0 aliphatic heterocycles. The summed E-state index contributed by atoms with van der Waals surface area (Å²) in [5, 5.41) is 12.4. The van der Waals surface area contributed by atoms with E-state index in [1.54, 1.807) is 0 Å². The largest absolute Gasteiger partial charge is 0.393 e. The fourth-order valence-corrected chi connectivity index (χ4v) is 2.33. The van der Waals surface area contributed by atoms with E-state index in [0.29, 0.717) is 13.0 Å². The first-order chi connectivity index (χ1) is 7.58. The van der Waals surface area contributed by atoms with E-state index >= 15 is 0 Å². The van der Waals surface area contributed by atoms with Crippen LogP contribution in [-0.4, -0.2) is 23.7 Å². The van der Waals surface area contributed by atoms with Crippen molar-refractivity contribution in [2.75, 3.05) is 6.54 Å². The predicted molar refractivity (Wildman–Crippen MR) is 65.1 cm³/mol. The molecule has 1 amide bonds. The van der Waals surface area contributed by atoms with Gasteiger partial charge >= 0.3 is 0 Å². The maximum absolute atomic E-state index is 12.0. The molecule has 1 saturated carbocycles. The second-order valence-corrected chi connectivity index (χ2v) is 5.23. The topological polar surface area (TPSA) is 49.3 Å². The first-order valence-corrected chi connectivity index (χ1v) is 6.55. The van der Waals surface area contributed by atoms with Crippen LogP contribution in [0.3, 0.4) is 0 Å². The number of amides is 1. The highest BCUT2D eigenvalue weighted by Gasteiger charge is 2.34. The van der Waals surface area contributed by atoms with E-state index in [-0.39, 0.29) is 17.4 Å². The lowest BCUT2D eigenvalue weighted by Crippen LogP contribution is -2.41. The molecule has 1 aliphatic carbocycles. The predicted octanol–water partition coefficient (Wildman–Crippen LogP) is 2.23. The van der Waals surface area contributed by atoms with E-state index < -0.39 is 0 Å². The molecule has 94 valence electrons. The number of carbonyl (C=O) groups excluding carboxylic acids is 1. The van der Waals surface area contributed by atoms with Gasteiger partial charge in [0.1, 0.15) is 0 Å². The van der Waals surface area contributed by atoms with Crippen molar-refractivity contribution in [2.24, 2.45) is 5.41 Å². The number of aliphatic hydroxyl groups is 1. The second kappa shape index (κ2) is 6.24. The summed E-state index contributed by atoms with van der Waals surface area (Å²) in [5.74, 6) is 0.176. The van der Waals surface area contributed by atoms with Crippen molar-refractivity contribution in [3.63, 3.8) is 0 Å². The second-order valence-electron chi connectivity index (χ2n) is 5.23. The molecule has 0 radical (unpaired) electrons. The summed E-state index contributed by atoms with van der Waals surface area (Å²) in [4.78, 5) is 12.0. The van der Waals surface area contributed by atoms with Crippen molar-refractivity contribution in [1.29, 1.82) is 0 Å². The number of carbonyl (C=O) groups is 1. The average Bonchev–Trinajstić information content (AvgIpc) is 2.29. The van der Waals surface area contributed by atoms with E-state index in [2.05, 4.69) is 12.2 Å². The number of aliphatic hydroxyl groups excluding tert-OH is 1. The minimum Gasteiger partial charge on any atom is -0.393 e. The Kier molecular flexibility index (Phi) is 5.26. The highest BCUT2D eigenvalue weighted by molar-refractivity contribution is 5.82. The molecule has 0 aromatic rings. The Morgan fingerprint density at radius 2 is 2.00 bits per heavy atom. The van der Waals surface area contributed by atoms with Gasteiger partial charge in [0, 0.05) is 12.0 Å². The smallest absolute Gasteiger partial charge is 0.225 e. The van der Waals surface area contributed by atoms with Gasteiger partial charge in [-0.2, -0.15) is 0 Å². The molecule has 16 heavy (non-hydrogen) atoms. The van der Waals surface area contributed by atoms with Gasteiger partial charge in [-0.15, -0.1) is 0 Å². The zero-order valence-electron chi connectivity index (χ0n) is 10.6. The molecular weight excluding hydrogens is 202 g/mol. The molecule has 0 aromatic heterocycles. The molecule has 2 N–H and O–H groups in total. The Bertz CT molecular complexity index is 222. The number of rotatable bonds is 5. The molecular formula is C13H25NO2. The summed E-state index contributed by atoms with van der Waals surface area (Å²) < 4.78 is 0. The summed E-state index contributed by atoms with van der Waals surface area (Å²) in [7, 11) is 0. The van der Waals surface area contributed by atoms with Crippen LogP contribution in [0.25, 0.3) is 0 Å². The third-order valence-corrected chi connectivity index (χ3v) is 3.74. The zero-order chi connectivity index (χ0) is 12.0. The van der Waals surface area contributed by atoms with Gasteiger partial charge in [0.05, 0.1) is 6.10 Å². The Labute approximate surface area is 98.6 Å². The highest BCUT2D eigenvalue weighted by Crippen LogP contribution is 2.35. The summed E-state index contributed by atoms with van der Waals surface area (Å²) in [6.07, 6.45) is 6.76. The van der Waals surface area contributed by atoms with Crippen LogP contribution in [0.1, 0.15) is 58.8 Å². The van der Waals surface area contributed by atoms with Gasteiger partial charge in [-0.05, 0) is 25.7 Å². The van der Waals surface area contributed by atoms with Crippen LogP contribution >= 0.6 is 0 Å². The fourth-order valence-electron chi connectivity index (χ4n) is 2.33. The van der Waals surface area contributed by atoms with E-state index in [9.17, 15) is 9.90 Å². The summed E-state index contributed by atoms with van der Waals surface area (Å²) >= 11 is 0. The van der Waals surface area contributed by atoms with E-state index in [4.69, 9.17) is 0 Å². The summed E-state index contributed by atoms with van der Waals surface area (Å²) in [6, 6.07) is 0. The number of hydrogen-bond donors (Lipinski definition) is 2. The van der Waals surface area contributed by atoms with Crippen molar-refractivity contribution >= 4 is 5.91 Å². The number of hydrogen-bond acceptors (Lipinski definition) is 2. The lowest BCUT2D eigenvalue weighted by molar-refractivity contribution is -0.131. The minimum atomic E-state index is -0.278. The Morgan fingerprint density at radius 1 is 1.38 bits per heavy atom. The van der Waals surface area contributed by atoms with Crippen molar-refractivity contribution in [2.45, 2.75) is 64.9 Å². The standard InChI is InChI=1S/C13H25NO2/c1-3-11(15)7-10-14-12(16)13(2)8-5-4-6-9-13/h11,15H,3-10H2,1-2H3,(H,14,16). The molecule has 1 unspecified atom stereocenters. The first-order valence-electron chi connectivity index (χ1n) is 6.55. The van der Waals surface area contributed by atoms with E-state index in [1.807, 2.05) is 6.92 Å². The third kappa shape index (κ3) is 3.78. The van der Waals surface area contributed by atoms with Gasteiger partial charge in [-0.3, -0.25) is 4.79 Å². The maximum Gasteiger partial charge on any atom is 0.225 e.